The van der Waals surface area contributed by atoms with Crippen molar-refractivity contribution < 1.29 is 14.6 Å². The van der Waals surface area contributed by atoms with E-state index in [1.54, 1.807) is 30.3 Å². The Hall–Kier alpha value is -2.69. The number of carbonyl (C=O) groups excluding carboxylic acids is 1. The predicted octanol–water partition coefficient (Wildman–Crippen LogP) is 2.24. The van der Waals surface area contributed by atoms with Crippen LogP contribution in [0.4, 0.5) is 11.4 Å². The summed E-state index contributed by atoms with van der Waals surface area (Å²) in [6, 6.07) is 11.4. The first-order chi connectivity index (χ1) is 9.11. The summed E-state index contributed by atoms with van der Waals surface area (Å²) in [7, 11) is 1.52. The van der Waals surface area contributed by atoms with Crippen molar-refractivity contribution in [3.8, 4) is 11.5 Å². The van der Waals surface area contributed by atoms with Gasteiger partial charge in [-0.3, -0.25) is 4.79 Å². The first kappa shape index (κ1) is 12.8. The highest BCUT2D eigenvalue weighted by Crippen LogP contribution is 2.26. The lowest BCUT2D eigenvalue weighted by Gasteiger charge is -2.10. The average Bonchev–Trinajstić information content (AvgIpc) is 2.39. The average molecular weight is 258 g/mol. The number of benzene rings is 2. The monoisotopic (exact) mass is 258 g/mol. The molecule has 0 saturated heterocycles. The summed E-state index contributed by atoms with van der Waals surface area (Å²) in [4.78, 5) is 12.0. The van der Waals surface area contributed by atoms with E-state index in [2.05, 4.69) is 5.32 Å². The van der Waals surface area contributed by atoms with Crippen LogP contribution in [-0.4, -0.2) is 18.1 Å². The molecular weight excluding hydrogens is 244 g/mol. The zero-order valence-corrected chi connectivity index (χ0v) is 10.4. The van der Waals surface area contributed by atoms with Crippen molar-refractivity contribution in [2.24, 2.45) is 0 Å². The van der Waals surface area contributed by atoms with Crippen LogP contribution >= 0.6 is 0 Å². The maximum absolute atomic E-state index is 12.0. The zero-order chi connectivity index (χ0) is 13.8. The molecule has 0 bridgehead atoms. The van der Waals surface area contributed by atoms with Crippen molar-refractivity contribution in [1.82, 2.24) is 0 Å². The minimum absolute atomic E-state index is 0.153. The van der Waals surface area contributed by atoms with Crippen LogP contribution < -0.4 is 15.8 Å². The van der Waals surface area contributed by atoms with E-state index in [1.807, 2.05) is 0 Å². The number of aromatic hydroxyl groups is 1. The molecule has 5 nitrogen and oxygen atoms in total. The van der Waals surface area contributed by atoms with Crippen LogP contribution in [0, 0.1) is 0 Å². The second kappa shape index (κ2) is 5.30. The summed E-state index contributed by atoms with van der Waals surface area (Å²) in [6.07, 6.45) is 0. The number of hydrogen-bond acceptors (Lipinski definition) is 4. The lowest BCUT2D eigenvalue weighted by Crippen LogP contribution is -2.12. The van der Waals surface area contributed by atoms with E-state index >= 15 is 0 Å². The molecule has 0 aliphatic carbocycles. The van der Waals surface area contributed by atoms with Gasteiger partial charge in [0.1, 0.15) is 11.5 Å². The van der Waals surface area contributed by atoms with Gasteiger partial charge in [0.05, 0.1) is 18.4 Å². The third-order valence-corrected chi connectivity index (χ3v) is 2.62. The number of hydrogen-bond donors (Lipinski definition) is 3. The molecule has 2 aromatic carbocycles. The van der Waals surface area contributed by atoms with Crippen molar-refractivity contribution in [2.45, 2.75) is 0 Å². The zero-order valence-electron chi connectivity index (χ0n) is 10.4. The Morgan fingerprint density at radius 1 is 1.26 bits per heavy atom. The molecule has 0 atom stereocenters. The minimum Gasteiger partial charge on any atom is -0.507 e. The second-order valence-electron chi connectivity index (χ2n) is 3.93. The Kier molecular flexibility index (Phi) is 3.56. The number of ether oxygens (including phenoxy) is 1. The molecule has 98 valence electrons. The fraction of sp³-hybridized carbons (Fsp3) is 0.0714. The summed E-state index contributed by atoms with van der Waals surface area (Å²) < 4.78 is 5.13. The largest absolute Gasteiger partial charge is 0.507 e. The van der Waals surface area contributed by atoms with Gasteiger partial charge in [-0.15, -0.1) is 0 Å². The first-order valence-electron chi connectivity index (χ1n) is 5.64. The third-order valence-electron chi connectivity index (χ3n) is 2.62. The molecule has 0 spiro atoms. The van der Waals surface area contributed by atoms with Crippen molar-refractivity contribution in [1.29, 1.82) is 0 Å². The smallest absolute Gasteiger partial charge is 0.259 e. The molecule has 0 saturated carbocycles. The topological polar surface area (TPSA) is 84.6 Å². The molecule has 2 aromatic rings. The lowest BCUT2D eigenvalue weighted by atomic mass is 10.1. The summed E-state index contributed by atoms with van der Waals surface area (Å²) in [5, 5.41) is 12.4. The predicted molar refractivity (Wildman–Crippen MR) is 73.5 cm³/mol. The third kappa shape index (κ3) is 2.77. The standard InChI is InChI=1S/C14H14N2O3/c1-19-13-5-3-2-4-11(13)16-14(18)10-7-6-9(15)8-12(10)17/h2-8,17H,15H2,1H3,(H,16,18). The molecule has 0 radical (unpaired) electrons. The number of nitrogen functional groups attached to an aromatic ring is 1. The SMILES string of the molecule is COc1ccccc1NC(=O)c1ccc(N)cc1O. The van der Waals surface area contributed by atoms with E-state index < -0.39 is 5.91 Å². The van der Waals surface area contributed by atoms with Gasteiger partial charge in [0.2, 0.25) is 0 Å². The molecule has 0 aliphatic rings. The molecule has 0 aromatic heterocycles. The number of nitrogens with two attached hydrogens (primary N) is 1. The van der Waals surface area contributed by atoms with E-state index in [9.17, 15) is 9.90 Å². The highest BCUT2D eigenvalue weighted by atomic mass is 16.5. The van der Waals surface area contributed by atoms with E-state index in [-0.39, 0.29) is 11.3 Å². The van der Waals surface area contributed by atoms with Crippen LogP contribution in [0.25, 0.3) is 0 Å². The Labute approximate surface area is 110 Å². The minimum atomic E-state index is -0.429. The van der Waals surface area contributed by atoms with E-state index in [4.69, 9.17) is 10.5 Å². The summed E-state index contributed by atoms with van der Waals surface area (Å²) >= 11 is 0. The molecule has 0 unspecified atom stereocenters. The molecule has 4 N–H and O–H groups in total. The molecule has 0 heterocycles. The maximum atomic E-state index is 12.0. The molecule has 0 aliphatic heterocycles. The number of para-hydroxylation sites is 2. The fourth-order valence-corrected chi connectivity index (χ4v) is 1.68. The van der Waals surface area contributed by atoms with Gasteiger partial charge in [-0.25, -0.2) is 0 Å². The van der Waals surface area contributed by atoms with Gasteiger partial charge in [-0.2, -0.15) is 0 Å². The van der Waals surface area contributed by atoms with Crippen LogP contribution in [0.5, 0.6) is 11.5 Å². The van der Waals surface area contributed by atoms with Gasteiger partial charge in [0, 0.05) is 11.8 Å². The van der Waals surface area contributed by atoms with Crippen molar-refractivity contribution >= 4 is 17.3 Å². The number of anilines is 2. The molecule has 5 heteroatoms. The Morgan fingerprint density at radius 3 is 2.68 bits per heavy atom. The fourth-order valence-electron chi connectivity index (χ4n) is 1.68. The van der Waals surface area contributed by atoms with Crippen molar-refractivity contribution in [3.05, 3.63) is 48.0 Å². The molecule has 19 heavy (non-hydrogen) atoms. The van der Waals surface area contributed by atoms with Crippen LogP contribution in [0.1, 0.15) is 10.4 Å². The Bertz CT molecular complexity index is 611. The number of nitrogens with one attached hydrogen (secondary N) is 1. The van der Waals surface area contributed by atoms with Crippen LogP contribution in [-0.2, 0) is 0 Å². The molecule has 0 fully saturated rings. The quantitative estimate of drug-likeness (QED) is 0.737. The first-order valence-corrected chi connectivity index (χ1v) is 5.64. The number of carbonyl (C=O) groups is 1. The van der Waals surface area contributed by atoms with E-state index in [1.165, 1.54) is 19.2 Å². The van der Waals surface area contributed by atoms with Crippen molar-refractivity contribution in [2.75, 3.05) is 18.2 Å². The summed E-state index contributed by atoms with van der Waals surface area (Å²) in [5.74, 6) is -0.0415. The van der Waals surface area contributed by atoms with E-state index in [0.717, 1.165) is 0 Å². The Balaban J connectivity index is 2.26. The lowest BCUT2D eigenvalue weighted by molar-refractivity contribution is 0.102. The highest BCUT2D eigenvalue weighted by molar-refractivity contribution is 6.07. The van der Waals surface area contributed by atoms with Gasteiger partial charge in [-0.05, 0) is 24.3 Å². The van der Waals surface area contributed by atoms with Gasteiger partial charge in [0.25, 0.3) is 5.91 Å². The normalized spacial score (nSPS) is 9.95. The Morgan fingerprint density at radius 2 is 2.00 bits per heavy atom. The van der Waals surface area contributed by atoms with E-state index in [0.29, 0.717) is 17.1 Å². The number of phenols is 1. The second-order valence-corrected chi connectivity index (χ2v) is 3.93. The van der Waals surface area contributed by atoms with Crippen LogP contribution in [0.2, 0.25) is 0 Å². The van der Waals surface area contributed by atoms with Gasteiger partial charge >= 0.3 is 0 Å². The summed E-state index contributed by atoms with van der Waals surface area (Å²) in [6.45, 7) is 0. The van der Waals surface area contributed by atoms with Crippen molar-refractivity contribution in [3.63, 3.8) is 0 Å². The number of rotatable bonds is 3. The molecule has 1 amide bonds. The van der Waals surface area contributed by atoms with Gasteiger partial charge in [-0.1, -0.05) is 12.1 Å². The molecular formula is C14H14N2O3. The number of phenolic OH excluding ortho intramolecular Hbond substituents is 1. The number of amides is 1. The van der Waals surface area contributed by atoms with Gasteiger partial charge < -0.3 is 20.9 Å². The summed E-state index contributed by atoms with van der Waals surface area (Å²) in [5.41, 5.74) is 6.60. The molecule has 2 rings (SSSR count). The van der Waals surface area contributed by atoms with Gasteiger partial charge in [0.15, 0.2) is 0 Å². The maximum Gasteiger partial charge on any atom is 0.259 e. The highest BCUT2D eigenvalue weighted by Gasteiger charge is 2.13. The van der Waals surface area contributed by atoms with Crippen LogP contribution in [0.3, 0.4) is 0 Å². The number of methoxy groups -OCH3 is 1. The van der Waals surface area contributed by atoms with Crippen LogP contribution in [0.15, 0.2) is 42.5 Å².